The molecule has 94 valence electrons. The summed E-state index contributed by atoms with van der Waals surface area (Å²) in [6, 6.07) is 5.07. The van der Waals surface area contributed by atoms with E-state index >= 15 is 0 Å². The summed E-state index contributed by atoms with van der Waals surface area (Å²) >= 11 is 2.01. The number of benzene rings is 1. The molecule has 0 spiro atoms. The highest BCUT2D eigenvalue weighted by atomic mass is 127. The van der Waals surface area contributed by atoms with Crippen LogP contribution >= 0.6 is 22.6 Å². The Morgan fingerprint density at radius 2 is 2.41 bits per heavy atom. The van der Waals surface area contributed by atoms with Gasteiger partial charge in [-0.2, -0.15) is 0 Å². The Morgan fingerprint density at radius 3 is 3.18 bits per heavy atom. The first-order valence-corrected chi connectivity index (χ1v) is 6.72. The number of ether oxygens (including phenoxy) is 1. The number of likely N-dealkylation sites (N-methyl/N-ethyl adjacent to an activating group) is 1. The van der Waals surface area contributed by atoms with E-state index in [0.29, 0.717) is 10.1 Å². The highest BCUT2D eigenvalue weighted by Gasteiger charge is 2.17. The predicted molar refractivity (Wildman–Crippen MR) is 74.8 cm³/mol. The van der Waals surface area contributed by atoms with Crippen LogP contribution in [0.2, 0.25) is 0 Å². The van der Waals surface area contributed by atoms with E-state index in [-0.39, 0.29) is 11.9 Å². The number of morpholine rings is 1. The van der Waals surface area contributed by atoms with Crippen molar-refractivity contribution < 1.29 is 9.13 Å². The summed E-state index contributed by atoms with van der Waals surface area (Å²) in [5, 5.41) is 3.24. The Bertz CT molecular complexity index is 389. The standard InChI is InChI=1S/C12H16FIN2O/c1-16-5-6-17-9(8-16)7-15-11-4-2-3-10(13)12(11)14/h2-4,9,15H,5-8H2,1H3. The largest absolute Gasteiger partial charge is 0.381 e. The van der Waals surface area contributed by atoms with E-state index in [4.69, 9.17) is 4.74 Å². The molecule has 1 N–H and O–H groups in total. The monoisotopic (exact) mass is 350 g/mol. The number of nitrogens with zero attached hydrogens (tertiary/aromatic N) is 1. The molecule has 17 heavy (non-hydrogen) atoms. The van der Waals surface area contributed by atoms with E-state index in [1.807, 2.05) is 28.7 Å². The fraction of sp³-hybridized carbons (Fsp3) is 0.500. The molecule has 1 atom stereocenters. The Labute approximate surface area is 114 Å². The zero-order chi connectivity index (χ0) is 12.3. The summed E-state index contributed by atoms with van der Waals surface area (Å²) in [5.74, 6) is -0.183. The third-order valence-electron chi connectivity index (χ3n) is 2.81. The average molecular weight is 350 g/mol. The molecule has 5 heteroatoms. The molecule has 2 rings (SSSR count). The number of nitrogens with one attached hydrogen (secondary N) is 1. The van der Waals surface area contributed by atoms with Crippen LogP contribution in [-0.2, 0) is 4.74 Å². The van der Waals surface area contributed by atoms with Crippen LogP contribution in [0, 0.1) is 9.39 Å². The third-order valence-corrected chi connectivity index (χ3v) is 3.91. The summed E-state index contributed by atoms with van der Waals surface area (Å²) in [6.07, 6.45) is 0.174. The molecule has 1 heterocycles. The van der Waals surface area contributed by atoms with E-state index in [1.165, 1.54) is 6.07 Å². The number of anilines is 1. The summed E-state index contributed by atoms with van der Waals surface area (Å²) in [6.45, 7) is 3.37. The lowest BCUT2D eigenvalue weighted by Crippen LogP contribution is -2.43. The number of hydrogen-bond acceptors (Lipinski definition) is 3. The second-order valence-electron chi connectivity index (χ2n) is 4.24. The van der Waals surface area contributed by atoms with Gasteiger partial charge in [0.15, 0.2) is 0 Å². The minimum atomic E-state index is -0.183. The van der Waals surface area contributed by atoms with Crippen molar-refractivity contribution in [2.75, 3.05) is 38.6 Å². The van der Waals surface area contributed by atoms with E-state index in [2.05, 4.69) is 17.3 Å². The molecular formula is C12H16FIN2O. The van der Waals surface area contributed by atoms with Crippen molar-refractivity contribution in [2.24, 2.45) is 0 Å². The lowest BCUT2D eigenvalue weighted by molar-refractivity contribution is -0.0117. The first-order chi connectivity index (χ1) is 8.16. The van der Waals surface area contributed by atoms with Crippen LogP contribution in [-0.4, -0.2) is 44.3 Å². The molecule has 0 amide bonds. The van der Waals surface area contributed by atoms with Crippen molar-refractivity contribution in [3.63, 3.8) is 0 Å². The molecule has 1 saturated heterocycles. The second-order valence-corrected chi connectivity index (χ2v) is 5.32. The summed E-state index contributed by atoms with van der Waals surface area (Å²) in [7, 11) is 2.08. The van der Waals surface area contributed by atoms with E-state index in [0.717, 1.165) is 25.4 Å². The SMILES string of the molecule is CN1CCOC(CNc2cccc(F)c2I)C1. The first kappa shape index (κ1) is 13.0. The lowest BCUT2D eigenvalue weighted by Gasteiger charge is -2.30. The van der Waals surface area contributed by atoms with E-state index < -0.39 is 0 Å². The summed E-state index contributed by atoms with van der Waals surface area (Å²) < 4.78 is 19.6. The van der Waals surface area contributed by atoms with Crippen LogP contribution in [0.4, 0.5) is 10.1 Å². The maximum absolute atomic E-state index is 13.3. The van der Waals surface area contributed by atoms with Crippen molar-refractivity contribution in [3.05, 3.63) is 27.6 Å². The predicted octanol–water partition coefficient (Wildman–Crippen LogP) is 2.17. The van der Waals surface area contributed by atoms with Crippen LogP contribution in [0.1, 0.15) is 0 Å². The first-order valence-electron chi connectivity index (χ1n) is 5.65. The molecule has 0 saturated carbocycles. The van der Waals surface area contributed by atoms with Gasteiger partial charge in [-0.05, 0) is 41.8 Å². The van der Waals surface area contributed by atoms with Crippen molar-refractivity contribution in [3.8, 4) is 0 Å². The number of halogens is 2. The van der Waals surface area contributed by atoms with Crippen molar-refractivity contribution >= 4 is 28.3 Å². The van der Waals surface area contributed by atoms with Gasteiger partial charge in [-0.1, -0.05) is 6.07 Å². The van der Waals surface area contributed by atoms with Crippen molar-refractivity contribution in [1.82, 2.24) is 4.90 Å². The molecule has 1 aromatic carbocycles. The van der Waals surface area contributed by atoms with Gasteiger partial charge in [0.2, 0.25) is 0 Å². The smallest absolute Gasteiger partial charge is 0.138 e. The fourth-order valence-electron chi connectivity index (χ4n) is 1.85. The van der Waals surface area contributed by atoms with Gasteiger partial charge >= 0.3 is 0 Å². The van der Waals surface area contributed by atoms with Gasteiger partial charge in [-0.3, -0.25) is 0 Å². The van der Waals surface area contributed by atoms with E-state index in [9.17, 15) is 4.39 Å². The summed E-state index contributed by atoms with van der Waals surface area (Å²) in [5.41, 5.74) is 0.836. The maximum atomic E-state index is 13.3. The lowest BCUT2D eigenvalue weighted by atomic mass is 10.2. The molecule has 0 aliphatic carbocycles. The Balaban J connectivity index is 1.91. The normalized spacial score (nSPS) is 21.5. The molecule has 1 aliphatic heterocycles. The van der Waals surface area contributed by atoms with Crippen LogP contribution in [0.5, 0.6) is 0 Å². The maximum Gasteiger partial charge on any atom is 0.138 e. The zero-order valence-electron chi connectivity index (χ0n) is 9.75. The van der Waals surface area contributed by atoms with Gasteiger partial charge in [0.25, 0.3) is 0 Å². The quantitative estimate of drug-likeness (QED) is 0.846. The molecule has 0 aromatic heterocycles. The molecule has 1 fully saturated rings. The Kier molecular flexibility index (Phi) is 4.58. The highest BCUT2D eigenvalue weighted by Crippen LogP contribution is 2.21. The molecule has 1 aliphatic rings. The van der Waals surface area contributed by atoms with Gasteiger partial charge in [0.05, 0.1) is 22.0 Å². The molecule has 3 nitrogen and oxygen atoms in total. The Morgan fingerprint density at radius 1 is 1.59 bits per heavy atom. The Hall–Kier alpha value is -0.400. The molecule has 1 unspecified atom stereocenters. The van der Waals surface area contributed by atoms with Gasteiger partial charge < -0.3 is 15.0 Å². The topological polar surface area (TPSA) is 24.5 Å². The molecule has 1 aromatic rings. The minimum Gasteiger partial charge on any atom is -0.381 e. The van der Waals surface area contributed by atoms with Gasteiger partial charge in [0, 0.05) is 19.6 Å². The highest BCUT2D eigenvalue weighted by molar-refractivity contribution is 14.1. The van der Waals surface area contributed by atoms with Gasteiger partial charge in [0.1, 0.15) is 5.82 Å². The van der Waals surface area contributed by atoms with Crippen molar-refractivity contribution in [2.45, 2.75) is 6.10 Å². The third kappa shape index (κ3) is 3.53. The van der Waals surface area contributed by atoms with Crippen LogP contribution < -0.4 is 5.32 Å². The number of rotatable bonds is 3. The molecule has 0 bridgehead atoms. The van der Waals surface area contributed by atoms with Gasteiger partial charge in [-0.25, -0.2) is 4.39 Å². The molecular weight excluding hydrogens is 334 g/mol. The zero-order valence-corrected chi connectivity index (χ0v) is 11.9. The molecule has 0 radical (unpaired) electrons. The second kappa shape index (κ2) is 5.97. The number of hydrogen-bond donors (Lipinski definition) is 1. The minimum absolute atomic E-state index is 0.174. The average Bonchev–Trinajstić information content (AvgIpc) is 2.31. The van der Waals surface area contributed by atoms with Crippen LogP contribution in [0.3, 0.4) is 0 Å². The van der Waals surface area contributed by atoms with E-state index in [1.54, 1.807) is 6.07 Å². The fourth-order valence-corrected chi connectivity index (χ4v) is 2.40. The van der Waals surface area contributed by atoms with Gasteiger partial charge in [-0.15, -0.1) is 0 Å². The summed E-state index contributed by atoms with van der Waals surface area (Å²) in [4.78, 5) is 2.24. The van der Waals surface area contributed by atoms with Crippen LogP contribution in [0.25, 0.3) is 0 Å². The van der Waals surface area contributed by atoms with Crippen molar-refractivity contribution in [1.29, 1.82) is 0 Å². The van der Waals surface area contributed by atoms with Crippen LogP contribution in [0.15, 0.2) is 18.2 Å².